The smallest absolute Gasteiger partial charge is 0.310 e. The van der Waals surface area contributed by atoms with E-state index in [1.165, 1.54) is 70.6 Å². The molecule has 1 aliphatic carbocycles. The van der Waals surface area contributed by atoms with Crippen molar-refractivity contribution < 1.29 is 19.4 Å². The number of aliphatic carboxylic acids is 1. The SMILES string of the molecule is CCCCCCCCCCCC(CCCCCC(C)C)OC(=O)C1CCCCC1C(=O)O. The fraction of sp³-hybridized carbons (Fsp3) is 0.929. The molecule has 0 aliphatic heterocycles. The van der Waals surface area contributed by atoms with E-state index in [9.17, 15) is 14.7 Å². The lowest BCUT2D eigenvalue weighted by Gasteiger charge is -2.29. The molecule has 4 heteroatoms. The Morgan fingerprint density at radius 1 is 0.750 bits per heavy atom. The van der Waals surface area contributed by atoms with Crippen LogP contribution in [0.2, 0.25) is 0 Å². The van der Waals surface area contributed by atoms with E-state index in [1.54, 1.807) is 0 Å². The zero-order chi connectivity index (χ0) is 23.6. The van der Waals surface area contributed by atoms with Gasteiger partial charge in [-0.25, -0.2) is 0 Å². The number of unbranched alkanes of at least 4 members (excludes halogenated alkanes) is 10. The fourth-order valence-corrected chi connectivity index (χ4v) is 5.01. The topological polar surface area (TPSA) is 63.6 Å². The van der Waals surface area contributed by atoms with Gasteiger partial charge in [0.25, 0.3) is 0 Å². The molecule has 0 radical (unpaired) electrons. The molecule has 3 atom stereocenters. The molecule has 3 unspecified atom stereocenters. The standard InChI is InChI=1S/C28H52O4/c1-4-5-6-7-8-9-10-11-14-19-24(20-15-12-13-18-23(2)3)32-28(31)26-22-17-16-21-25(26)27(29)30/h23-26H,4-22H2,1-3H3,(H,29,30). The zero-order valence-electron chi connectivity index (χ0n) is 21.4. The lowest BCUT2D eigenvalue weighted by Crippen LogP contribution is -2.35. The van der Waals surface area contributed by atoms with Gasteiger partial charge in [-0.05, 0) is 44.4 Å². The normalized spacial score (nSPS) is 19.8. The number of ether oxygens (including phenoxy) is 1. The van der Waals surface area contributed by atoms with Crippen molar-refractivity contribution in [3.8, 4) is 0 Å². The Bertz CT molecular complexity index is 488. The van der Waals surface area contributed by atoms with Crippen LogP contribution in [-0.4, -0.2) is 23.1 Å². The molecule has 0 spiro atoms. The summed E-state index contributed by atoms with van der Waals surface area (Å²) in [7, 11) is 0. The van der Waals surface area contributed by atoms with Gasteiger partial charge in [0.1, 0.15) is 6.10 Å². The fourth-order valence-electron chi connectivity index (χ4n) is 5.01. The summed E-state index contributed by atoms with van der Waals surface area (Å²) >= 11 is 0. The first-order valence-electron chi connectivity index (χ1n) is 13.9. The molecule has 0 heterocycles. The maximum Gasteiger partial charge on any atom is 0.310 e. The monoisotopic (exact) mass is 452 g/mol. The average Bonchev–Trinajstić information content (AvgIpc) is 2.77. The van der Waals surface area contributed by atoms with Gasteiger partial charge >= 0.3 is 11.9 Å². The van der Waals surface area contributed by atoms with Crippen LogP contribution in [0.3, 0.4) is 0 Å². The number of carbonyl (C=O) groups excluding carboxylic acids is 1. The molecule has 0 amide bonds. The van der Waals surface area contributed by atoms with Crippen molar-refractivity contribution in [2.24, 2.45) is 17.8 Å². The van der Waals surface area contributed by atoms with Crippen molar-refractivity contribution >= 4 is 11.9 Å². The predicted octanol–water partition coefficient (Wildman–Crippen LogP) is 8.32. The molecular formula is C28H52O4. The highest BCUT2D eigenvalue weighted by Gasteiger charge is 2.37. The number of carbonyl (C=O) groups is 2. The Morgan fingerprint density at radius 3 is 1.75 bits per heavy atom. The van der Waals surface area contributed by atoms with Crippen molar-refractivity contribution in [3.05, 3.63) is 0 Å². The van der Waals surface area contributed by atoms with E-state index in [1.807, 2.05) is 0 Å². The van der Waals surface area contributed by atoms with Gasteiger partial charge < -0.3 is 9.84 Å². The molecule has 0 bridgehead atoms. The highest BCUT2D eigenvalue weighted by atomic mass is 16.5. The summed E-state index contributed by atoms with van der Waals surface area (Å²) in [6.45, 7) is 6.78. The number of carboxylic acid groups (broad SMARTS) is 1. The van der Waals surface area contributed by atoms with E-state index >= 15 is 0 Å². The van der Waals surface area contributed by atoms with Crippen molar-refractivity contribution in [1.29, 1.82) is 0 Å². The van der Waals surface area contributed by atoms with Crippen LogP contribution < -0.4 is 0 Å². The second kappa shape index (κ2) is 18.4. The van der Waals surface area contributed by atoms with Gasteiger partial charge in [-0.3, -0.25) is 9.59 Å². The van der Waals surface area contributed by atoms with Crippen molar-refractivity contribution in [2.75, 3.05) is 0 Å². The summed E-state index contributed by atoms with van der Waals surface area (Å²) in [6, 6.07) is 0. The van der Waals surface area contributed by atoms with Gasteiger partial charge in [-0.1, -0.05) is 104 Å². The van der Waals surface area contributed by atoms with Crippen LogP contribution in [0.25, 0.3) is 0 Å². The minimum atomic E-state index is -0.837. The van der Waals surface area contributed by atoms with Crippen LogP contribution in [0.5, 0.6) is 0 Å². The Labute approximate surface area is 198 Å². The minimum Gasteiger partial charge on any atom is -0.481 e. The van der Waals surface area contributed by atoms with Crippen LogP contribution in [0, 0.1) is 17.8 Å². The minimum absolute atomic E-state index is 0.0394. The van der Waals surface area contributed by atoms with E-state index in [4.69, 9.17) is 4.74 Å². The number of rotatable bonds is 19. The number of hydrogen-bond donors (Lipinski definition) is 1. The molecule has 1 fully saturated rings. The Balaban J connectivity index is 2.41. The van der Waals surface area contributed by atoms with Crippen LogP contribution in [0.15, 0.2) is 0 Å². The molecule has 32 heavy (non-hydrogen) atoms. The van der Waals surface area contributed by atoms with Crippen molar-refractivity contribution in [1.82, 2.24) is 0 Å². The second-order valence-electron chi connectivity index (χ2n) is 10.5. The van der Waals surface area contributed by atoms with E-state index in [-0.39, 0.29) is 12.1 Å². The number of esters is 1. The lowest BCUT2D eigenvalue weighted by atomic mass is 9.79. The van der Waals surface area contributed by atoms with Crippen LogP contribution in [0.1, 0.15) is 143 Å². The van der Waals surface area contributed by atoms with Gasteiger partial charge in [0.15, 0.2) is 0 Å². The highest BCUT2D eigenvalue weighted by Crippen LogP contribution is 2.32. The molecular weight excluding hydrogens is 400 g/mol. The van der Waals surface area contributed by atoms with Gasteiger partial charge in [-0.2, -0.15) is 0 Å². The molecule has 1 saturated carbocycles. The molecule has 0 aromatic heterocycles. The first-order valence-corrected chi connectivity index (χ1v) is 13.9. The van der Waals surface area contributed by atoms with Gasteiger partial charge in [0.05, 0.1) is 11.8 Å². The first kappa shape index (κ1) is 29.0. The maximum atomic E-state index is 12.9. The summed E-state index contributed by atoms with van der Waals surface area (Å²) in [6.07, 6.45) is 21.3. The summed E-state index contributed by atoms with van der Waals surface area (Å²) in [5.41, 5.74) is 0. The second-order valence-corrected chi connectivity index (χ2v) is 10.5. The molecule has 1 aliphatic rings. The Morgan fingerprint density at radius 2 is 1.22 bits per heavy atom. The van der Waals surface area contributed by atoms with Gasteiger partial charge in [-0.15, -0.1) is 0 Å². The summed E-state index contributed by atoms with van der Waals surface area (Å²) in [5, 5.41) is 9.52. The van der Waals surface area contributed by atoms with E-state index in [2.05, 4.69) is 20.8 Å². The molecule has 0 saturated heterocycles. The predicted molar refractivity (Wildman–Crippen MR) is 133 cm³/mol. The maximum absolute atomic E-state index is 12.9. The number of hydrogen-bond acceptors (Lipinski definition) is 3. The Hall–Kier alpha value is -1.06. The molecule has 4 nitrogen and oxygen atoms in total. The van der Waals surface area contributed by atoms with Crippen LogP contribution in [0.4, 0.5) is 0 Å². The summed E-state index contributed by atoms with van der Waals surface area (Å²) in [5.74, 6) is -1.36. The Kier molecular flexibility index (Phi) is 16.6. The summed E-state index contributed by atoms with van der Waals surface area (Å²) in [4.78, 5) is 24.5. The number of carboxylic acids is 1. The molecule has 0 aromatic carbocycles. The molecule has 188 valence electrons. The lowest BCUT2D eigenvalue weighted by molar-refractivity contribution is -0.164. The van der Waals surface area contributed by atoms with E-state index in [0.717, 1.165) is 44.4 Å². The van der Waals surface area contributed by atoms with E-state index < -0.39 is 17.8 Å². The molecule has 1 N–H and O–H groups in total. The van der Waals surface area contributed by atoms with Crippen LogP contribution in [-0.2, 0) is 14.3 Å². The summed E-state index contributed by atoms with van der Waals surface area (Å²) < 4.78 is 5.97. The average molecular weight is 453 g/mol. The zero-order valence-corrected chi connectivity index (χ0v) is 21.4. The van der Waals surface area contributed by atoms with Gasteiger partial charge in [0, 0.05) is 0 Å². The molecule has 1 rings (SSSR count). The molecule has 0 aromatic rings. The van der Waals surface area contributed by atoms with Crippen molar-refractivity contribution in [3.63, 3.8) is 0 Å². The quantitative estimate of drug-likeness (QED) is 0.158. The van der Waals surface area contributed by atoms with Crippen molar-refractivity contribution in [2.45, 2.75) is 149 Å². The highest BCUT2D eigenvalue weighted by molar-refractivity contribution is 5.81. The first-order chi connectivity index (χ1) is 15.5. The van der Waals surface area contributed by atoms with E-state index in [0.29, 0.717) is 12.8 Å². The van der Waals surface area contributed by atoms with Crippen LogP contribution >= 0.6 is 0 Å². The third kappa shape index (κ3) is 13.5. The third-order valence-corrected chi connectivity index (χ3v) is 7.11. The third-order valence-electron chi connectivity index (χ3n) is 7.11. The van der Waals surface area contributed by atoms with Gasteiger partial charge in [0.2, 0.25) is 0 Å². The largest absolute Gasteiger partial charge is 0.481 e.